The number of amides is 2. The number of hydrogen-bond acceptors (Lipinski definition) is 5. The van der Waals surface area contributed by atoms with Gasteiger partial charge in [-0.3, -0.25) is 9.59 Å². The molecule has 0 aliphatic rings. The highest BCUT2D eigenvalue weighted by Gasteiger charge is 2.18. The Balaban J connectivity index is 1.65. The number of rotatable bonds is 6. The average Bonchev–Trinajstić information content (AvgIpc) is 3.26. The van der Waals surface area contributed by atoms with Crippen LogP contribution in [-0.2, 0) is 4.79 Å². The summed E-state index contributed by atoms with van der Waals surface area (Å²) < 4.78 is 0. The Morgan fingerprint density at radius 3 is 2.85 bits per heavy atom. The highest BCUT2D eigenvalue weighted by Crippen LogP contribution is 2.31. The Bertz CT molecular complexity index is 954. The number of thiazole rings is 1. The normalized spacial score (nSPS) is 11.9. The second-order valence-electron chi connectivity index (χ2n) is 5.38. The fourth-order valence-corrected chi connectivity index (χ4v) is 4.02. The van der Waals surface area contributed by atoms with Crippen molar-refractivity contribution >= 4 is 51.6 Å². The number of primary amides is 1. The highest BCUT2D eigenvalue weighted by molar-refractivity contribution is 8.00. The quantitative estimate of drug-likeness (QED) is 0.538. The van der Waals surface area contributed by atoms with Gasteiger partial charge < -0.3 is 16.0 Å². The number of nitrogens with one attached hydrogen (secondary N) is 2. The topological polar surface area (TPSA) is 101 Å². The first-order chi connectivity index (χ1) is 12.4. The van der Waals surface area contributed by atoms with Crippen LogP contribution < -0.4 is 11.1 Å². The van der Waals surface area contributed by atoms with Crippen LogP contribution in [0.15, 0.2) is 46.8 Å². The van der Waals surface area contributed by atoms with Gasteiger partial charge in [0.25, 0.3) is 5.91 Å². The third kappa shape index (κ3) is 4.27. The first kappa shape index (κ1) is 18.5. The zero-order valence-corrected chi connectivity index (χ0v) is 16.0. The van der Waals surface area contributed by atoms with Gasteiger partial charge in [0.05, 0.1) is 16.0 Å². The number of halogens is 1. The number of anilines is 1. The molecule has 0 fully saturated rings. The highest BCUT2D eigenvalue weighted by atomic mass is 35.5. The van der Waals surface area contributed by atoms with Crippen molar-refractivity contribution in [3.8, 4) is 11.3 Å². The fourth-order valence-electron chi connectivity index (χ4n) is 2.14. The van der Waals surface area contributed by atoms with Crippen molar-refractivity contribution in [1.82, 2.24) is 9.97 Å². The molecule has 0 aliphatic carbocycles. The number of aromatic nitrogens is 2. The molecule has 3 aromatic rings. The molecule has 9 heteroatoms. The minimum atomic E-state index is -0.537. The molecule has 0 radical (unpaired) electrons. The van der Waals surface area contributed by atoms with Gasteiger partial charge in [-0.2, -0.15) is 0 Å². The summed E-state index contributed by atoms with van der Waals surface area (Å²) in [7, 11) is 0. The van der Waals surface area contributed by atoms with Crippen molar-refractivity contribution in [2.75, 3.05) is 5.32 Å². The molecule has 0 saturated heterocycles. The van der Waals surface area contributed by atoms with Crippen LogP contribution in [0.1, 0.15) is 17.4 Å². The summed E-state index contributed by atoms with van der Waals surface area (Å²) in [5.74, 6) is -0.701. The second-order valence-corrected chi connectivity index (χ2v) is 8.03. The summed E-state index contributed by atoms with van der Waals surface area (Å²) in [5.41, 5.74) is 6.92. The first-order valence-electron chi connectivity index (χ1n) is 7.60. The number of benzene rings is 1. The Hall–Kier alpha value is -2.29. The summed E-state index contributed by atoms with van der Waals surface area (Å²) in [4.78, 5) is 31.6. The standard InChI is InChI=1S/C17H15ClN4O2S2/c1-9(26-14-5-3-2-4-11(14)18)16(24)22-17-21-13(8-25-17)10-6-12(15(19)23)20-7-10/h2-9,20H,1H3,(H2,19,23)(H,21,22,24). The van der Waals surface area contributed by atoms with Crippen molar-refractivity contribution < 1.29 is 9.59 Å². The molecular formula is C17H15ClN4O2S2. The summed E-state index contributed by atoms with van der Waals surface area (Å²) in [6.07, 6.45) is 1.65. The van der Waals surface area contributed by atoms with Crippen molar-refractivity contribution in [3.63, 3.8) is 0 Å². The fraction of sp³-hybridized carbons (Fsp3) is 0.118. The van der Waals surface area contributed by atoms with Crippen molar-refractivity contribution in [3.05, 3.63) is 52.6 Å². The van der Waals surface area contributed by atoms with Crippen LogP contribution in [0.3, 0.4) is 0 Å². The molecule has 2 amide bonds. The molecule has 1 atom stereocenters. The van der Waals surface area contributed by atoms with E-state index in [1.807, 2.05) is 25.1 Å². The molecule has 1 unspecified atom stereocenters. The Labute approximate surface area is 163 Å². The Morgan fingerprint density at radius 2 is 2.15 bits per heavy atom. The number of aromatic amines is 1. The van der Waals surface area contributed by atoms with E-state index in [1.165, 1.54) is 23.1 Å². The van der Waals surface area contributed by atoms with Crippen LogP contribution >= 0.6 is 34.7 Å². The minimum absolute atomic E-state index is 0.164. The van der Waals surface area contributed by atoms with Gasteiger partial charge in [-0.25, -0.2) is 4.98 Å². The van der Waals surface area contributed by atoms with Gasteiger partial charge in [0.2, 0.25) is 5.91 Å². The number of nitrogens with two attached hydrogens (primary N) is 1. The second kappa shape index (κ2) is 7.94. The van der Waals surface area contributed by atoms with E-state index in [0.29, 0.717) is 21.5 Å². The molecular weight excluding hydrogens is 392 g/mol. The van der Waals surface area contributed by atoms with Crippen molar-refractivity contribution in [2.45, 2.75) is 17.1 Å². The maximum Gasteiger partial charge on any atom is 0.265 e. The molecule has 1 aromatic carbocycles. The summed E-state index contributed by atoms with van der Waals surface area (Å²) in [6, 6.07) is 9.01. The molecule has 134 valence electrons. The smallest absolute Gasteiger partial charge is 0.265 e. The van der Waals surface area contributed by atoms with Crippen LogP contribution in [0, 0.1) is 0 Å². The SMILES string of the molecule is CC(Sc1ccccc1Cl)C(=O)Nc1nc(-c2c[nH]c(C(N)=O)c2)cs1. The van der Waals surface area contributed by atoms with Gasteiger partial charge in [0.1, 0.15) is 5.69 Å². The van der Waals surface area contributed by atoms with E-state index in [0.717, 1.165) is 10.5 Å². The molecule has 6 nitrogen and oxygen atoms in total. The van der Waals surface area contributed by atoms with Crippen LogP contribution in [0.25, 0.3) is 11.3 Å². The summed E-state index contributed by atoms with van der Waals surface area (Å²) >= 11 is 8.82. The Morgan fingerprint density at radius 1 is 1.38 bits per heavy atom. The molecule has 3 rings (SSSR count). The van der Waals surface area contributed by atoms with Crippen molar-refractivity contribution in [1.29, 1.82) is 0 Å². The zero-order valence-electron chi connectivity index (χ0n) is 13.7. The van der Waals surface area contributed by atoms with E-state index < -0.39 is 5.91 Å². The molecule has 0 saturated carbocycles. The van der Waals surface area contributed by atoms with E-state index in [9.17, 15) is 9.59 Å². The van der Waals surface area contributed by atoms with E-state index in [2.05, 4.69) is 15.3 Å². The monoisotopic (exact) mass is 406 g/mol. The van der Waals surface area contributed by atoms with E-state index in [1.54, 1.807) is 23.7 Å². The number of H-pyrrole nitrogens is 1. The van der Waals surface area contributed by atoms with Gasteiger partial charge in [-0.05, 0) is 25.1 Å². The zero-order chi connectivity index (χ0) is 18.7. The largest absolute Gasteiger partial charge is 0.364 e. The van der Waals surface area contributed by atoms with Gasteiger partial charge in [0, 0.05) is 22.0 Å². The molecule has 0 aliphatic heterocycles. The molecule has 0 bridgehead atoms. The Kier molecular flexibility index (Phi) is 5.65. The van der Waals surface area contributed by atoms with Gasteiger partial charge >= 0.3 is 0 Å². The average molecular weight is 407 g/mol. The van der Waals surface area contributed by atoms with E-state index in [-0.39, 0.29) is 11.2 Å². The minimum Gasteiger partial charge on any atom is -0.364 e. The molecule has 26 heavy (non-hydrogen) atoms. The number of hydrogen-bond donors (Lipinski definition) is 3. The van der Waals surface area contributed by atoms with Crippen LogP contribution in [0.4, 0.5) is 5.13 Å². The van der Waals surface area contributed by atoms with E-state index >= 15 is 0 Å². The third-order valence-corrected chi connectivity index (χ3v) is 5.87. The third-order valence-electron chi connectivity index (χ3n) is 3.49. The molecule has 2 aromatic heterocycles. The lowest BCUT2D eigenvalue weighted by molar-refractivity contribution is -0.115. The van der Waals surface area contributed by atoms with Crippen LogP contribution in [0.2, 0.25) is 5.02 Å². The van der Waals surface area contributed by atoms with Gasteiger partial charge in [0.15, 0.2) is 5.13 Å². The predicted molar refractivity (Wildman–Crippen MR) is 106 cm³/mol. The van der Waals surface area contributed by atoms with Crippen LogP contribution in [0.5, 0.6) is 0 Å². The number of carbonyl (C=O) groups excluding carboxylic acids is 2. The maximum atomic E-state index is 12.4. The molecule has 2 heterocycles. The van der Waals surface area contributed by atoms with Gasteiger partial charge in [-0.1, -0.05) is 23.7 Å². The van der Waals surface area contributed by atoms with Crippen LogP contribution in [-0.4, -0.2) is 27.0 Å². The lowest BCUT2D eigenvalue weighted by Gasteiger charge is -2.11. The van der Waals surface area contributed by atoms with Crippen molar-refractivity contribution in [2.24, 2.45) is 5.73 Å². The van der Waals surface area contributed by atoms with Gasteiger partial charge in [-0.15, -0.1) is 23.1 Å². The lowest BCUT2D eigenvalue weighted by atomic mass is 10.2. The van der Waals surface area contributed by atoms with E-state index in [4.69, 9.17) is 17.3 Å². The maximum absolute atomic E-state index is 12.4. The number of nitrogens with zero attached hydrogens (tertiary/aromatic N) is 1. The molecule has 0 spiro atoms. The number of carbonyl (C=O) groups is 2. The predicted octanol–water partition coefficient (Wildman–Crippen LogP) is 4.01. The molecule has 4 N–H and O–H groups in total. The first-order valence-corrected chi connectivity index (χ1v) is 9.74. The number of thioether (sulfide) groups is 1. The summed E-state index contributed by atoms with van der Waals surface area (Å²) in [5, 5.41) is 5.37. The lowest BCUT2D eigenvalue weighted by Crippen LogP contribution is -2.22. The summed E-state index contributed by atoms with van der Waals surface area (Å²) in [6.45, 7) is 1.81.